The van der Waals surface area contributed by atoms with Gasteiger partial charge in [0.15, 0.2) is 0 Å². The molecule has 3 aliphatic heterocycles. The number of nitro groups is 1. The number of carboxylic acids is 1. The summed E-state index contributed by atoms with van der Waals surface area (Å²) in [5.74, 6) is -0.795. The predicted molar refractivity (Wildman–Crippen MR) is 330 cm³/mol. The average molecular weight is 1240 g/mol. The predicted octanol–water partition coefficient (Wildman–Crippen LogP) is 7.17. The van der Waals surface area contributed by atoms with Gasteiger partial charge in [-0.05, 0) is 107 Å². The third-order valence-corrected chi connectivity index (χ3v) is 13.8. The number of nitrogen functional groups attached to an aromatic ring is 1. The molecule has 0 saturated carbocycles. The number of aliphatic carboxylic acids is 1. The number of nitrogens with one attached hydrogen (secondary N) is 2. The molecule has 0 spiro atoms. The van der Waals surface area contributed by atoms with Crippen LogP contribution >= 0.6 is 22.6 Å². The van der Waals surface area contributed by atoms with Crippen molar-refractivity contribution in [1.29, 1.82) is 0 Å². The van der Waals surface area contributed by atoms with Gasteiger partial charge in [0.1, 0.15) is 25.3 Å². The minimum absolute atomic E-state index is 0.0559. The van der Waals surface area contributed by atoms with Crippen molar-refractivity contribution < 1.29 is 30.6 Å². The van der Waals surface area contributed by atoms with Gasteiger partial charge in [0, 0.05) is 109 Å². The van der Waals surface area contributed by atoms with Gasteiger partial charge in [-0.25, -0.2) is 0 Å². The van der Waals surface area contributed by atoms with Crippen molar-refractivity contribution >= 4 is 80.4 Å². The smallest absolute Gasteiger partial charge is 0.325 e. The van der Waals surface area contributed by atoms with Gasteiger partial charge in [0.25, 0.3) is 11.6 Å². The van der Waals surface area contributed by atoms with Crippen LogP contribution in [-0.2, 0) is 34.0 Å². The number of nitrogens with two attached hydrogens (primary N) is 1. The zero-order valence-electron chi connectivity index (χ0n) is 48.6. The first-order chi connectivity index (χ1) is 39.8. The van der Waals surface area contributed by atoms with Crippen molar-refractivity contribution in [3.05, 3.63) is 171 Å². The maximum absolute atomic E-state index is 12.7. The lowest BCUT2D eigenvalue weighted by Crippen LogP contribution is -2.49. The second-order valence-electron chi connectivity index (χ2n) is 19.8. The molecule has 3 fully saturated rings. The number of anilines is 5. The number of carboxylic acid groups (broad SMARTS) is 1. The standard InChI is InChI=1S/C24H27N5O2.C17H23N5O.C10H13N3O2.C7H10N2O2.CH3I/c1-18-16-19(2)29(26-18)17-23(30)28-14-12-27(13-15-28)22-11-7-6-10-21(22)25-24(31)20-8-4-3-5-9-20;1-13-11-14(2)22(19-13)12-17(23)21-9-7-20(8-10-21)16-6-4-3-5-15(16)18;14-13(15)10-4-2-1-3-9(10)12-7-5-11-6-8-12;1-5-3-6(2)9(8-5)4-7(10)11;1-2/h3-11,16H,12-15,17H2,1-2H3,(H,25,31);3-6,11H,7-10,12,18H2,1-2H3;1-4,11H,5-8H2;3H,4H2,1-2H3,(H,10,11);1H3/i;;;;1D. The molecule has 0 atom stereocenters. The summed E-state index contributed by atoms with van der Waals surface area (Å²) in [5.41, 5.74) is 16.8. The lowest BCUT2D eigenvalue weighted by molar-refractivity contribution is -0.384. The van der Waals surface area contributed by atoms with Crippen LogP contribution in [0.1, 0.15) is 45.9 Å². The number of nitro benzene ring substituents is 1. The van der Waals surface area contributed by atoms with Crippen LogP contribution in [0.25, 0.3) is 0 Å². The van der Waals surface area contributed by atoms with Gasteiger partial charge in [-0.15, -0.1) is 0 Å². The molecule has 10 rings (SSSR count). The molecule has 82 heavy (non-hydrogen) atoms. The number of para-hydroxylation sites is 6. The van der Waals surface area contributed by atoms with Gasteiger partial charge in [-0.2, -0.15) is 15.3 Å². The van der Waals surface area contributed by atoms with Gasteiger partial charge in [-0.1, -0.05) is 77.2 Å². The molecule has 0 radical (unpaired) electrons. The number of alkyl halides is 1. The Morgan fingerprint density at radius 2 is 1.00 bits per heavy atom. The van der Waals surface area contributed by atoms with Crippen molar-refractivity contribution in [2.45, 2.75) is 61.2 Å². The topological polar surface area (TPSA) is 251 Å². The molecular weight excluding hydrogens is 1160 g/mol. The van der Waals surface area contributed by atoms with Gasteiger partial charge >= 0.3 is 5.97 Å². The molecule has 0 bridgehead atoms. The number of carbonyl (C=O) groups is 4. The van der Waals surface area contributed by atoms with E-state index in [1.54, 1.807) is 33.6 Å². The summed E-state index contributed by atoms with van der Waals surface area (Å²) in [7, 11) is 0. The molecule has 3 aliphatic rings. The Morgan fingerprint density at radius 3 is 1.45 bits per heavy atom. The van der Waals surface area contributed by atoms with Crippen LogP contribution in [-0.4, -0.2) is 156 Å². The Morgan fingerprint density at radius 1 is 0.598 bits per heavy atom. The highest BCUT2D eigenvalue weighted by atomic mass is 127. The Balaban J connectivity index is 0.000000187. The Bertz CT molecular complexity index is 3240. The number of benzene rings is 4. The second-order valence-corrected chi connectivity index (χ2v) is 19.8. The van der Waals surface area contributed by atoms with Crippen molar-refractivity contribution in [2.24, 2.45) is 0 Å². The van der Waals surface area contributed by atoms with Crippen LogP contribution in [0, 0.1) is 51.7 Å². The Labute approximate surface area is 494 Å². The molecule has 3 aromatic heterocycles. The number of hydrogen-bond acceptors (Lipinski definition) is 14. The maximum atomic E-state index is 12.7. The second kappa shape index (κ2) is 31.0. The lowest BCUT2D eigenvalue weighted by Gasteiger charge is -2.37. The van der Waals surface area contributed by atoms with Crippen LogP contribution < -0.4 is 31.1 Å². The molecule has 0 unspecified atom stereocenters. The summed E-state index contributed by atoms with van der Waals surface area (Å²) in [4.78, 5) is 69.3. The Hall–Kier alpha value is -8.32. The largest absolute Gasteiger partial charge is 0.480 e. The molecule has 5 N–H and O–H groups in total. The van der Waals surface area contributed by atoms with E-state index in [1.165, 1.54) is 4.68 Å². The molecule has 3 saturated heterocycles. The number of piperazine rings is 3. The van der Waals surface area contributed by atoms with Gasteiger partial charge in [0.2, 0.25) is 11.8 Å². The van der Waals surface area contributed by atoms with Crippen molar-refractivity contribution in [2.75, 3.05) is 109 Å². The van der Waals surface area contributed by atoms with E-state index in [0.717, 1.165) is 102 Å². The number of amides is 3. The highest BCUT2D eigenvalue weighted by Crippen LogP contribution is 2.29. The van der Waals surface area contributed by atoms with Crippen LogP contribution in [0.3, 0.4) is 0 Å². The monoisotopic (exact) mass is 1230 g/mol. The number of aryl methyl sites for hydroxylation is 6. The van der Waals surface area contributed by atoms with Crippen LogP contribution in [0.15, 0.2) is 121 Å². The fraction of sp³-hybridized carbons (Fsp3) is 0.373. The zero-order valence-corrected chi connectivity index (χ0v) is 49.7. The fourth-order valence-electron chi connectivity index (χ4n) is 9.69. The van der Waals surface area contributed by atoms with Crippen LogP contribution in [0.5, 0.6) is 0 Å². The number of hydrogen-bond donors (Lipinski definition) is 4. The molecule has 3 amide bonds. The summed E-state index contributed by atoms with van der Waals surface area (Å²) in [6.45, 7) is 21.2. The number of nitrogens with zero attached hydrogens (tertiary/aromatic N) is 12. The summed E-state index contributed by atoms with van der Waals surface area (Å²) in [6, 6.07) is 37.6. The van der Waals surface area contributed by atoms with E-state index in [2.05, 4.69) is 40.6 Å². The van der Waals surface area contributed by atoms with Crippen molar-refractivity contribution in [3.63, 3.8) is 0 Å². The van der Waals surface area contributed by atoms with Gasteiger partial charge < -0.3 is 46.0 Å². The molecule has 7 aromatic rings. The molecule has 22 nitrogen and oxygen atoms in total. The number of aromatic nitrogens is 6. The van der Waals surface area contributed by atoms with E-state index in [4.69, 9.17) is 12.2 Å². The highest BCUT2D eigenvalue weighted by molar-refractivity contribution is 14.1. The molecule has 23 heteroatoms. The summed E-state index contributed by atoms with van der Waals surface area (Å²) < 4.78 is 11.2. The van der Waals surface area contributed by atoms with E-state index in [1.807, 2.05) is 171 Å². The summed E-state index contributed by atoms with van der Waals surface area (Å²) in [6.07, 6.45) is 0. The molecule has 436 valence electrons. The van der Waals surface area contributed by atoms with Crippen molar-refractivity contribution in [1.82, 2.24) is 44.5 Å². The number of halogens is 1. The third-order valence-electron chi connectivity index (χ3n) is 13.8. The third kappa shape index (κ3) is 18.1. The molecule has 4 aromatic carbocycles. The molecule has 0 aliphatic carbocycles. The SMILES string of the molecule is Cc1cc(C)n(CC(=O)N2CCN(c3ccccc3N)CC2)n1.Cc1cc(C)n(CC(=O)N2CCN(c3ccccc3NC(=O)c3ccccc3)CC2)n1.Cc1cc(C)n(CC(=O)O)n1.O=[N+]([O-])c1ccccc1N1CCNCC1.[2H]CI. The van der Waals surface area contributed by atoms with Crippen molar-refractivity contribution in [3.8, 4) is 0 Å². The highest BCUT2D eigenvalue weighted by Gasteiger charge is 2.26. The first-order valence-electron chi connectivity index (χ1n) is 27.7. The van der Waals surface area contributed by atoms with E-state index in [9.17, 15) is 29.3 Å². The van der Waals surface area contributed by atoms with Crippen LogP contribution in [0.2, 0.25) is 0 Å². The summed E-state index contributed by atoms with van der Waals surface area (Å²) >= 11 is 1.96. The first-order valence-corrected chi connectivity index (χ1v) is 28.5. The maximum Gasteiger partial charge on any atom is 0.325 e. The van der Waals surface area contributed by atoms with E-state index in [0.29, 0.717) is 56.3 Å². The number of rotatable bonds is 12. The van der Waals surface area contributed by atoms with Crippen LogP contribution in [0.4, 0.5) is 34.1 Å². The van der Waals surface area contributed by atoms with E-state index >= 15 is 0 Å². The normalized spacial score (nSPS) is 14.0. The zero-order chi connectivity index (χ0) is 60.0. The minimum atomic E-state index is -0.865. The number of carbonyl (C=O) groups excluding carboxylic acids is 3. The van der Waals surface area contributed by atoms with E-state index in [-0.39, 0.29) is 41.4 Å². The van der Waals surface area contributed by atoms with Gasteiger partial charge in [-0.3, -0.25) is 43.3 Å². The molecular formula is C59H76IN15O7. The van der Waals surface area contributed by atoms with E-state index < -0.39 is 5.97 Å². The average Bonchev–Trinajstić information content (AvgIpc) is 4.11. The fourth-order valence-corrected chi connectivity index (χ4v) is 9.69. The minimum Gasteiger partial charge on any atom is -0.480 e. The van der Waals surface area contributed by atoms with Gasteiger partial charge in [0.05, 0.1) is 44.8 Å². The summed E-state index contributed by atoms with van der Waals surface area (Å²) in [5, 5.41) is 38.3. The first kappa shape index (κ1) is 61.3. The lowest BCUT2D eigenvalue weighted by atomic mass is 10.1. The quantitative estimate of drug-likeness (QED) is 0.0311. The molecule has 6 heterocycles. The Kier molecular flexibility index (Phi) is 23.2.